The zero-order valence-electron chi connectivity index (χ0n) is 17.0. The van der Waals surface area contributed by atoms with Gasteiger partial charge in [0.2, 0.25) is 0 Å². The van der Waals surface area contributed by atoms with Crippen LogP contribution in [0.2, 0.25) is 0 Å². The number of carbonyl (C=O) groups excluding carboxylic acids is 1. The Morgan fingerprint density at radius 1 is 1.23 bits per heavy atom. The molecule has 0 bridgehead atoms. The molecule has 0 aromatic heterocycles. The second-order valence-corrected chi connectivity index (χ2v) is 8.49. The summed E-state index contributed by atoms with van der Waals surface area (Å²) in [5.41, 5.74) is 0.335. The molecule has 0 saturated heterocycles. The molecule has 2 aromatic rings. The third kappa shape index (κ3) is 3.64. The monoisotopic (exact) mass is 450 g/mol. The summed E-state index contributed by atoms with van der Waals surface area (Å²) in [7, 11) is 0. The SMILES string of the molecule is CCC[C@@H]1COc2ccc(F)cc2[C@@]12SC(c1cc(F)ccc1F)=NN2C(=O)OCC. The van der Waals surface area contributed by atoms with Gasteiger partial charge in [-0.25, -0.2) is 18.0 Å². The molecule has 2 atom stereocenters. The summed E-state index contributed by atoms with van der Waals surface area (Å²) in [6.45, 7) is 3.99. The summed E-state index contributed by atoms with van der Waals surface area (Å²) in [4.78, 5) is 11.8. The molecular formula is C22H21F3N2O3S. The van der Waals surface area contributed by atoms with Crippen molar-refractivity contribution in [2.24, 2.45) is 11.0 Å². The second-order valence-electron chi connectivity index (χ2n) is 7.28. The van der Waals surface area contributed by atoms with Gasteiger partial charge in [0.25, 0.3) is 0 Å². The van der Waals surface area contributed by atoms with Crippen molar-refractivity contribution in [3.8, 4) is 5.75 Å². The molecule has 1 spiro atoms. The lowest BCUT2D eigenvalue weighted by Crippen LogP contribution is -2.51. The van der Waals surface area contributed by atoms with Crippen molar-refractivity contribution in [1.82, 2.24) is 5.01 Å². The molecule has 0 N–H and O–H groups in total. The molecule has 31 heavy (non-hydrogen) atoms. The van der Waals surface area contributed by atoms with Gasteiger partial charge in [0.05, 0.1) is 13.2 Å². The number of hydrazone groups is 1. The fourth-order valence-corrected chi connectivity index (χ4v) is 5.50. The van der Waals surface area contributed by atoms with Crippen molar-refractivity contribution in [1.29, 1.82) is 0 Å². The zero-order valence-corrected chi connectivity index (χ0v) is 17.8. The van der Waals surface area contributed by atoms with Crippen molar-refractivity contribution >= 4 is 22.9 Å². The van der Waals surface area contributed by atoms with E-state index in [-0.39, 0.29) is 29.7 Å². The molecule has 0 aliphatic carbocycles. The molecule has 2 heterocycles. The Morgan fingerprint density at radius 2 is 1.97 bits per heavy atom. The normalized spacial score (nSPS) is 22.2. The van der Waals surface area contributed by atoms with E-state index in [1.165, 1.54) is 18.2 Å². The molecule has 0 fully saturated rings. The first-order valence-corrected chi connectivity index (χ1v) is 10.8. The van der Waals surface area contributed by atoms with Gasteiger partial charge in [-0.05, 0) is 49.7 Å². The standard InChI is InChI=1S/C22H21F3N2O3S/c1-3-5-13-12-30-19-9-7-15(24)11-17(19)22(13)27(21(28)29-4-2)26-20(31-22)16-10-14(23)6-8-18(16)25/h6-11,13H,3-5,12H2,1-2H3/t13-,22+/m1/s1. The smallest absolute Gasteiger partial charge is 0.432 e. The van der Waals surface area contributed by atoms with E-state index in [9.17, 15) is 18.0 Å². The van der Waals surface area contributed by atoms with Crippen LogP contribution >= 0.6 is 11.8 Å². The maximum Gasteiger partial charge on any atom is 0.432 e. The minimum atomic E-state index is -1.22. The van der Waals surface area contributed by atoms with Crippen molar-refractivity contribution in [2.75, 3.05) is 13.2 Å². The number of hydrogen-bond acceptors (Lipinski definition) is 5. The Balaban J connectivity index is 1.92. The van der Waals surface area contributed by atoms with Crippen LogP contribution in [0, 0.1) is 23.4 Å². The Morgan fingerprint density at radius 3 is 2.71 bits per heavy atom. The Kier molecular flexibility index (Phi) is 5.88. The molecule has 5 nitrogen and oxygen atoms in total. The molecular weight excluding hydrogens is 429 g/mol. The van der Waals surface area contributed by atoms with E-state index in [0.29, 0.717) is 17.7 Å². The van der Waals surface area contributed by atoms with Crippen LogP contribution < -0.4 is 4.74 Å². The predicted molar refractivity (Wildman–Crippen MR) is 111 cm³/mol. The minimum absolute atomic E-state index is 0.0733. The van der Waals surface area contributed by atoms with Crippen LogP contribution in [0.4, 0.5) is 18.0 Å². The van der Waals surface area contributed by atoms with E-state index in [2.05, 4.69) is 5.10 Å². The third-order valence-corrected chi connectivity index (χ3v) is 6.85. The predicted octanol–water partition coefficient (Wildman–Crippen LogP) is 5.63. The van der Waals surface area contributed by atoms with Crippen LogP contribution in [0.5, 0.6) is 5.75 Å². The highest BCUT2D eigenvalue weighted by molar-refractivity contribution is 8.15. The maximum atomic E-state index is 14.6. The third-order valence-electron chi connectivity index (χ3n) is 5.32. The van der Waals surface area contributed by atoms with Gasteiger partial charge in [0, 0.05) is 17.0 Å². The number of fused-ring (bicyclic) bond motifs is 2. The molecule has 4 rings (SSSR count). The summed E-state index contributed by atoms with van der Waals surface area (Å²) < 4.78 is 53.9. The van der Waals surface area contributed by atoms with Gasteiger partial charge in [-0.1, -0.05) is 25.1 Å². The quantitative estimate of drug-likeness (QED) is 0.606. The van der Waals surface area contributed by atoms with E-state index in [4.69, 9.17) is 9.47 Å². The molecule has 9 heteroatoms. The molecule has 0 unspecified atom stereocenters. The lowest BCUT2D eigenvalue weighted by atomic mass is 9.86. The van der Waals surface area contributed by atoms with E-state index >= 15 is 0 Å². The highest BCUT2D eigenvalue weighted by Crippen LogP contribution is 2.58. The molecule has 2 aliphatic heterocycles. The number of hydrogen-bond donors (Lipinski definition) is 0. The number of halogens is 3. The van der Waals surface area contributed by atoms with E-state index in [1.807, 2.05) is 6.92 Å². The van der Waals surface area contributed by atoms with Crippen molar-refractivity contribution < 1.29 is 27.4 Å². The van der Waals surface area contributed by atoms with Crippen LogP contribution in [0.25, 0.3) is 0 Å². The average molecular weight is 450 g/mol. The molecule has 0 radical (unpaired) electrons. The first kappa shape index (κ1) is 21.5. The molecule has 1 amide bonds. The fraction of sp³-hybridized carbons (Fsp3) is 0.364. The maximum absolute atomic E-state index is 14.6. The number of ether oxygens (including phenoxy) is 2. The fourth-order valence-electron chi connectivity index (χ4n) is 3.99. The number of thioether (sulfide) groups is 1. The van der Waals surface area contributed by atoms with Crippen LogP contribution in [0.3, 0.4) is 0 Å². The number of amides is 1. The zero-order chi connectivity index (χ0) is 22.2. The van der Waals surface area contributed by atoms with E-state index < -0.39 is 28.4 Å². The van der Waals surface area contributed by atoms with Crippen LogP contribution in [0.1, 0.15) is 37.8 Å². The van der Waals surface area contributed by atoms with Crippen molar-refractivity contribution in [3.63, 3.8) is 0 Å². The van der Waals surface area contributed by atoms with Crippen molar-refractivity contribution in [2.45, 2.75) is 31.6 Å². The number of rotatable bonds is 4. The Labute approximate surface area is 182 Å². The van der Waals surface area contributed by atoms with Gasteiger partial charge >= 0.3 is 6.09 Å². The minimum Gasteiger partial charge on any atom is -0.493 e. The Hall–Kier alpha value is -2.68. The van der Waals surface area contributed by atoms with Gasteiger partial charge in [0.1, 0.15) is 28.2 Å². The first-order chi connectivity index (χ1) is 14.9. The van der Waals surface area contributed by atoms with Crippen LogP contribution in [0.15, 0.2) is 41.5 Å². The van der Waals surface area contributed by atoms with E-state index in [0.717, 1.165) is 41.4 Å². The number of carbonyl (C=O) groups is 1. The Bertz CT molecular complexity index is 1050. The topological polar surface area (TPSA) is 51.1 Å². The van der Waals surface area contributed by atoms with Crippen LogP contribution in [-0.2, 0) is 9.61 Å². The van der Waals surface area contributed by atoms with Gasteiger partial charge < -0.3 is 9.47 Å². The summed E-state index contributed by atoms with van der Waals surface area (Å²) in [6, 6.07) is 7.13. The molecule has 2 aromatic carbocycles. The van der Waals surface area contributed by atoms with Gasteiger partial charge in [-0.15, -0.1) is 0 Å². The number of nitrogens with zero attached hydrogens (tertiary/aromatic N) is 2. The number of benzene rings is 2. The van der Waals surface area contributed by atoms with Gasteiger partial charge in [-0.3, -0.25) is 0 Å². The summed E-state index contributed by atoms with van der Waals surface area (Å²) in [5.74, 6) is -1.70. The summed E-state index contributed by atoms with van der Waals surface area (Å²) in [6.07, 6.45) is 0.647. The summed E-state index contributed by atoms with van der Waals surface area (Å²) in [5, 5.41) is 5.63. The average Bonchev–Trinajstić information content (AvgIpc) is 3.14. The highest BCUT2D eigenvalue weighted by atomic mass is 32.2. The molecule has 2 aliphatic rings. The first-order valence-electron chi connectivity index (χ1n) is 10.0. The molecule has 164 valence electrons. The molecule has 0 saturated carbocycles. The van der Waals surface area contributed by atoms with Gasteiger partial charge in [-0.2, -0.15) is 10.1 Å². The van der Waals surface area contributed by atoms with E-state index in [1.54, 1.807) is 6.92 Å². The largest absolute Gasteiger partial charge is 0.493 e. The highest BCUT2D eigenvalue weighted by Gasteiger charge is 2.58. The van der Waals surface area contributed by atoms with Gasteiger partial charge in [0.15, 0.2) is 4.87 Å². The summed E-state index contributed by atoms with van der Waals surface area (Å²) >= 11 is 1.09. The second kappa shape index (κ2) is 8.45. The lowest BCUT2D eigenvalue weighted by molar-refractivity contribution is 0.0385. The lowest BCUT2D eigenvalue weighted by Gasteiger charge is -2.44. The van der Waals surface area contributed by atoms with Crippen LogP contribution in [-0.4, -0.2) is 29.4 Å². The van der Waals surface area contributed by atoms with Crippen molar-refractivity contribution in [3.05, 3.63) is 65.0 Å².